The summed E-state index contributed by atoms with van der Waals surface area (Å²) in [6.45, 7) is 0. The quantitative estimate of drug-likeness (QED) is 0.128. The SMILES string of the molecule is c1ccc(-c2cc(-c3ccccc3)nc(-c3cc4sc5ccc(-n6c7ccccc7c7ccccc76)cc5c4c4ccccc34)n2)cc1.c1ccc(-c2cccc(-c3nc(-c4cc5sc6ccc(-n7c8ccccc8c8ccccc87)cc6c5c5ccccc45)nc4ccccc34)c2)cc1.c1ccc(-c2nc(-c3cc4sc5ccc(-n6c7ccccc7c7ccccc76)cc5c4c4ccccc34)nc3ccccc23)cc1. The maximum atomic E-state index is 5.38. The lowest BCUT2D eigenvalue weighted by molar-refractivity contribution is 1.19. The molecule has 22 aromatic carbocycles. The van der Waals surface area contributed by atoms with Crippen molar-refractivity contribution in [3.05, 3.63) is 491 Å². The number of fused-ring (bicyclic) bond motifs is 26. The third-order valence-corrected chi connectivity index (χ3v) is 32.3. The molecule has 0 aliphatic heterocycles. The van der Waals surface area contributed by atoms with Crippen molar-refractivity contribution in [1.82, 2.24) is 43.6 Å². The fourth-order valence-electron chi connectivity index (χ4n) is 22.4. The number of benzene rings is 22. The highest BCUT2D eigenvalue weighted by molar-refractivity contribution is 7.27. The Morgan fingerprint density at radius 3 is 0.753 bits per heavy atom. The Balaban J connectivity index is 0.000000104. The number of aromatic nitrogens is 9. The van der Waals surface area contributed by atoms with Crippen LogP contribution in [0.3, 0.4) is 0 Å². The van der Waals surface area contributed by atoms with Gasteiger partial charge in [-0.05, 0) is 177 Å². The Bertz CT molecular complexity index is 10500. The van der Waals surface area contributed by atoms with E-state index in [-0.39, 0.29) is 0 Å². The predicted molar refractivity (Wildman–Crippen MR) is 619 cm³/mol. The fraction of sp³-hybridized carbons (Fsp3) is 0. The Labute approximate surface area is 849 Å². The molecule has 0 bridgehead atoms. The van der Waals surface area contributed by atoms with Gasteiger partial charge >= 0.3 is 0 Å². The Morgan fingerprint density at radius 1 is 0.151 bits per heavy atom. The summed E-state index contributed by atoms with van der Waals surface area (Å²) < 4.78 is 14.7. The largest absolute Gasteiger partial charge is 0.309 e. The van der Waals surface area contributed by atoms with Gasteiger partial charge in [-0.15, -0.1) is 34.0 Å². The van der Waals surface area contributed by atoms with E-state index in [0.29, 0.717) is 0 Å². The topological polar surface area (TPSA) is 92.1 Å². The molecule has 0 atom stereocenters. The van der Waals surface area contributed by atoms with E-state index in [1.165, 1.54) is 165 Å². The molecule has 9 nitrogen and oxygen atoms in total. The molecule has 31 rings (SSSR count). The minimum atomic E-state index is 0.733. The molecule has 0 saturated carbocycles. The van der Waals surface area contributed by atoms with Crippen LogP contribution in [0.15, 0.2) is 491 Å². The minimum Gasteiger partial charge on any atom is -0.309 e. The van der Waals surface area contributed by atoms with Crippen molar-refractivity contribution in [3.8, 4) is 107 Å². The highest BCUT2D eigenvalue weighted by Gasteiger charge is 2.26. The average molecular weight is 1910 g/mol. The molecule has 31 aromatic rings. The second-order valence-corrected chi connectivity index (χ2v) is 40.6. The zero-order valence-corrected chi connectivity index (χ0v) is 81.0. The molecule has 0 N–H and O–H groups in total. The molecule has 9 heterocycles. The molecule has 0 aliphatic rings. The molecule has 680 valence electrons. The van der Waals surface area contributed by atoms with E-state index < -0.39 is 0 Å². The molecule has 0 saturated heterocycles. The Kier molecular flexibility index (Phi) is 20.0. The molecule has 12 heteroatoms. The third-order valence-electron chi connectivity index (χ3n) is 29.0. The van der Waals surface area contributed by atoms with E-state index in [1.54, 1.807) is 0 Å². The van der Waals surface area contributed by atoms with E-state index in [9.17, 15) is 0 Å². The predicted octanol–water partition coefficient (Wildman–Crippen LogP) is 36.9. The lowest BCUT2D eigenvalue weighted by Crippen LogP contribution is -1.96. The van der Waals surface area contributed by atoms with Gasteiger partial charge in [0.2, 0.25) is 0 Å². The van der Waals surface area contributed by atoms with Gasteiger partial charge in [-0.1, -0.05) is 358 Å². The number of nitrogens with zero attached hydrogens (tertiary/aromatic N) is 9. The van der Waals surface area contributed by atoms with Gasteiger partial charge in [-0.3, -0.25) is 0 Å². The first-order valence-corrected chi connectivity index (χ1v) is 51.7. The van der Waals surface area contributed by atoms with Crippen LogP contribution in [-0.4, -0.2) is 43.6 Å². The smallest absolute Gasteiger partial charge is 0.161 e. The molecule has 0 radical (unpaired) electrons. The molecule has 0 spiro atoms. The molecule has 0 fully saturated rings. The van der Waals surface area contributed by atoms with Crippen molar-refractivity contribution in [3.63, 3.8) is 0 Å². The normalized spacial score (nSPS) is 11.8. The molecule has 0 amide bonds. The van der Waals surface area contributed by atoms with Crippen molar-refractivity contribution in [2.45, 2.75) is 0 Å². The van der Waals surface area contributed by atoms with E-state index in [4.69, 9.17) is 29.9 Å². The van der Waals surface area contributed by atoms with Crippen LogP contribution >= 0.6 is 34.0 Å². The standard InChI is InChI=1S/C48H29N3S.C44H27N3S.C42H25N3S/c1-2-13-30(14-3-1)31-15-12-16-32(27-31)47-38-21-6-9-22-41(38)49-48(50-47)39-29-45-46(37-20-5-4-17-34(37)39)40-28-33(25-26-44(40)52-45)51-42-23-10-7-18-35(42)36-19-8-11-24-43(36)51;1-3-13-28(14-4-1)37-27-38(29-15-5-2-6-16-29)46-44(45-37)35-26-42-43(34-20-8-7-17-31(34)35)36-25-30(23-24-41(36)48-42)47-39-21-11-9-18-32(39)33-19-10-12-22-40(33)47;1-2-12-26(13-3-1)41-32-18-6-9-19-35(32)43-42(44-41)33-25-39-40(31-17-5-4-14-28(31)33)34-24-27(22-23-38(34)46-39)45-36-20-10-7-15-29(36)30-16-8-11-21-37(30)45/h1-29H;1-27H;1-25H. The number of thiophene rings is 3. The van der Waals surface area contributed by atoms with Crippen molar-refractivity contribution in [2.24, 2.45) is 0 Å². The van der Waals surface area contributed by atoms with Crippen LogP contribution < -0.4 is 0 Å². The van der Waals surface area contributed by atoms with Crippen molar-refractivity contribution >= 4 is 214 Å². The number of hydrogen-bond acceptors (Lipinski definition) is 9. The summed E-state index contributed by atoms with van der Waals surface area (Å²) in [5.74, 6) is 2.22. The van der Waals surface area contributed by atoms with Crippen LogP contribution in [0.1, 0.15) is 0 Å². The summed E-state index contributed by atoms with van der Waals surface area (Å²) in [5, 5.41) is 24.5. The van der Waals surface area contributed by atoms with Crippen LogP contribution in [0.25, 0.3) is 287 Å². The van der Waals surface area contributed by atoms with E-state index in [0.717, 1.165) is 123 Å². The maximum Gasteiger partial charge on any atom is 0.161 e. The zero-order chi connectivity index (χ0) is 96.0. The van der Waals surface area contributed by atoms with E-state index >= 15 is 0 Å². The Morgan fingerprint density at radius 2 is 0.411 bits per heavy atom. The van der Waals surface area contributed by atoms with Gasteiger partial charge in [0, 0.05) is 160 Å². The molecule has 0 aliphatic carbocycles. The Hall–Kier alpha value is -18.6. The summed E-state index contributed by atoms with van der Waals surface area (Å²) in [6.07, 6.45) is 0. The van der Waals surface area contributed by atoms with Crippen molar-refractivity contribution in [2.75, 3.05) is 0 Å². The summed E-state index contributed by atoms with van der Waals surface area (Å²) in [5.41, 5.74) is 26.2. The van der Waals surface area contributed by atoms with Crippen molar-refractivity contribution in [1.29, 1.82) is 0 Å². The molecule has 0 unspecified atom stereocenters. The first kappa shape index (κ1) is 84.3. The number of hydrogen-bond donors (Lipinski definition) is 0. The highest BCUT2D eigenvalue weighted by atomic mass is 32.1. The second-order valence-electron chi connectivity index (χ2n) is 37.3. The maximum absolute atomic E-state index is 5.38. The van der Waals surface area contributed by atoms with Crippen LogP contribution in [0.5, 0.6) is 0 Å². The minimum absolute atomic E-state index is 0.733. The van der Waals surface area contributed by atoms with Gasteiger partial charge in [0.1, 0.15) is 0 Å². The van der Waals surface area contributed by atoms with E-state index in [2.05, 4.69) is 487 Å². The summed E-state index contributed by atoms with van der Waals surface area (Å²) >= 11 is 5.51. The summed E-state index contributed by atoms with van der Waals surface area (Å²) in [4.78, 5) is 31.4. The summed E-state index contributed by atoms with van der Waals surface area (Å²) in [7, 11) is 0. The van der Waals surface area contributed by atoms with Crippen LogP contribution in [0, 0.1) is 0 Å². The first-order chi connectivity index (χ1) is 72.4. The zero-order valence-electron chi connectivity index (χ0n) is 78.5. The molecule has 146 heavy (non-hydrogen) atoms. The van der Waals surface area contributed by atoms with Crippen molar-refractivity contribution < 1.29 is 0 Å². The first-order valence-electron chi connectivity index (χ1n) is 49.3. The lowest BCUT2D eigenvalue weighted by Gasteiger charge is -2.13. The molecular weight excluding hydrogens is 1830 g/mol. The van der Waals surface area contributed by atoms with Crippen LogP contribution in [0.4, 0.5) is 0 Å². The van der Waals surface area contributed by atoms with Gasteiger partial charge in [0.15, 0.2) is 17.5 Å². The summed E-state index contributed by atoms with van der Waals surface area (Å²) in [6, 6.07) is 175. The highest BCUT2D eigenvalue weighted by Crippen LogP contribution is 2.51. The van der Waals surface area contributed by atoms with Gasteiger partial charge < -0.3 is 13.7 Å². The average Bonchev–Trinajstić information content (AvgIpc) is 1.60. The second kappa shape index (κ2) is 34.7. The fourth-order valence-corrected chi connectivity index (χ4v) is 25.9. The molecule has 9 aromatic heterocycles. The van der Waals surface area contributed by atoms with Gasteiger partial charge in [0.25, 0.3) is 0 Å². The monoisotopic (exact) mass is 1910 g/mol. The van der Waals surface area contributed by atoms with Gasteiger partial charge in [0.05, 0.1) is 66.9 Å². The van der Waals surface area contributed by atoms with Gasteiger partial charge in [-0.2, -0.15) is 0 Å². The van der Waals surface area contributed by atoms with E-state index in [1.807, 2.05) is 52.2 Å². The van der Waals surface area contributed by atoms with Crippen LogP contribution in [0.2, 0.25) is 0 Å². The number of para-hydroxylation sites is 8. The third kappa shape index (κ3) is 14.1. The lowest BCUT2D eigenvalue weighted by atomic mass is 9.97. The van der Waals surface area contributed by atoms with Gasteiger partial charge in [-0.25, -0.2) is 29.9 Å². The van der Waals surface area contributed by atoms with Crippen LogP contribution in [-0.2, 0) is 0 Å². The molecular formula is C134H81N9S3. The number of rotatable bonds is 11.